The molecule has 1 N–H and O–H groups in total. The van der Waals surface area contributed by atoms with Gasteiger partial charge in [-0.1, -0.05) is 47.2 Å². The van der Waals surface area contributed by atoms with Crippen LogP contribution in [0.4, 0.5) is 0 Å². The lowest BCUT2D eigenvalue weighted by atomic mass is 10.1. The standard InChI is InChI=1S/C24H21N5O/c1-17-6-8-18(9-7-17)14-29-15-20(27-28-29)16-30-21-12-10-19(11-13-21)24-25-22-4-2-3-5-23(22)26-24/h2-13,15H,14,16H2,1H3,(H,25,26). The summed E-state index contributed by atoms with van der Waals surface area (Å²) < 4.78 is 7.70. The molecule has 5 aromatic rings. The van der Waals surface area contributed by atoms with Crippen LogP contribution < -0.4 is 4.74 Å². The second kappa shape index (κ2) is 7.83. The summed E-state index contributed by atoms with van der Waals surface area (Å²) in [4.78, 5) is 7.97. The van der Waals surface area contributed by atoms with Gasteiger partial charge in [0.25, 0.3) is 0 Å². The molecular formula is C24H21N5O. The number of aromatic amines is 1. The number of rotatable bonds is 6. The predicted molar refractivity (Wildman–Crippen MR) is 116 cm³/mol. The first-order valence-corrected chi connectivity index (χ1v) is 9.85. The Labute approximate surface area is 174 Å². The van der Waals surface area contributed by atoms with Crippen molar-refractivity contribution >= 4 is 11.0 Å². The van der Waals surface area contributed by atoms with E-state index in [0.717, 1.165) is 33.9 Å². The van der Waals surface area contributed by atoms with Crippen LogP contribution in [0, 0.1) is 6.92 Å². The van der Waals surface area contributed by atoms with Gasteiger partial charge in [0, 0.05) is 5.56 Å². The van der Waals surface area contributed by atoms with Crippen molar-refractivity contribution in [2.24, 2.45) is 0 Å². The van der Waals surface area contributed by atoms with Crippen molar-refractivity contribution in [3.63, 3.8) is 0 Å². The molecule has 0 saturated heterocycles. The molecule has 0 aliphatic carbocycles. The number of imidazole rings is 1. The Morgan fingerprint density at radius 1 is 0.933 bits per heavy atom. The number of fused-ring (bicyclic) bond motifs is 1. The Morgan fingerprint density at radius 2 is 1.73 bits per heavy atom. The molecule has 2 heterocycles. The minimum atomic E-state index is 0.373. The van der Waals surface area contributed by atoms with Gasteiger partial charge in [-0.3, -0.25) is 0 Å². The number of para-hydroxylation sites is 2. The fourth-order valence-electron chi connectivity index (χ4n) is 3.32. The summed E-state index contributed by atoms with van der Waals surface area (Å²) in [5.74, 6) is 1.63. The van der Waals surface area contributed by atoms with Crippen LogP contribution in [-0.4, -0.2) is 25.0 Å². The molecule has 0 radical (unpaired) electrons. The molecule has 0 aliphatic rings. The summed E-state index contributed by atoms with van der Waals surface area (Å²) in [5.41, 5.74) is 6.24. The molecule has 0 fully saturated rings. The molecule has 30 heavy (non-hydrogen) atoms. The number of aromatic nitrogens is 5. The summed E-state index contributed by atoms with van der Waals surface area (Å²) in [5, 5.41) is 8.40. The summed E-state index contributed by atoms with van der Waals surface area (Å²) >= 11 is 0. The number of hydrogen-bond donors (Lipinski definition) is 1. The lowest BCUT2D eigenvalue weighted by molar-refractivity contribution is 0.301. The lowest BCUT2D eigenvalue weighted by Gasteiger charge is -2.04. The topological polar surface area (TPSA) is 68.6 Å². The number of benzene rings is 3. The third kappa shape index (κ3) is 3.93. The van der Waals surface area contributed by atoms with Gasteiger partial charge in [-0.2, -0.15) is 0 Å². The monoisotopic (exact) mass is 395 g/mol. The Hall–Kier alpha value is -3.93. The molecular weight excluding hydrogens is 374 g/mol. The maximum atomic E-state index is 5.87. The van der Waals surface area contributed by atoms with Gasteiger partial charge in [0.2, 0.25) is 0 Å². The Balaban J connectivity index is 1.21. The first-order chi connectivity index (χ1) is 14.7. The van der Waals surface area contributed by atoms with E-state index in [2.05, 4.69) is 51.5 Å². The van der Waals surface area contributed by atoms with Crippen molar-refractivity contribution < 1.29 is 4.74 Å². The van der Waals surface area contributed by atoms with Crippen molar-refractivity contribution in [2.75, 3.05) is 0 Å². The van der Waals surface area contributed by atoms with Crippen LogP contribution in [0.2, 0.25) is 0 Å². The number of aryl methyl sites for hydroxylation is 1. The molecule has 0 spiro atoms. The highest BCUT2D eigenvalue weighted by Crippen LogP contribution is 2.23. The third-order valence-corrected chi connectivity index (χ3v) is 4.96. The van der Waals surface area contributed by atoms with Gasteiger partial charge < -0.3 is 9.72 Å². The molecule has 0 aliphatic heterocycles. The van der Waals surface area contributed by atoms with E-state index in [1.54, 1.807) is 0 Å². The van der Waals surface area contributed by atoms with Gasteiger partial charge >= 0.3 is 0 Å². The molecule has 0 bridgehead atoms. The second-order valence-electron chi connectivity index (χ2n) is 7.31. The Bertz CT molecular complexity index is 1240. The Morgan fingerprint density at radius 3 is 2.53 bits per heavy atom. The summed E-state index contributed by atoms with van der Waals surface area (Å²) in [6.45, 7) is 3.15. The number of hydrogen-bond acceptors (Lipinski definition) is 4. The highest BCUT2D eigenvalue weighted by atomic mass is 16.5. The van der Waals surface area contributed by atoms with Gasteiger partial charge in [0.1, 0.15) is 23.9 Å². The van der Waals surface area contributed by atoms with E-state index in [1.807, 2.05) is 59.4 Å². The van der Waals surface area contributed by atoms with Gasteiger partial charge in [0.15, 0.2) is 0 Å². The number of nitrogens with one attached hydrogen (secondary N) is 1. The van der Waals surface area contributed by atoms with Crippen molar-refractivity contribution in [1.82, 2.24) is 25.0 Å². The van der Waals surface area contributed by atoms with Crippen LogP contribution in [0.5, 0.6) is 5.75 Å². The van der Waals surface area contributed by atoms with Crippen LogP contribution in [0.3, 0.4) is 0 Å². The van der Waals surface area contributed by atoms with Crippen molar-refractivity contribution in [3.05, 3.63) is 95.8 Å². The van der Waals surface area contributed by atoms with Crippen LogP contribution in [0.1, 0.15) is 16.8 Å². The minimum Gasteiger partial charge on any atom is -0.487 e. The van der Waals surface area contributed by atoms with Crippen LogP contribution in [0.15, 0.2) is 79.0 Å². The molecule has 6 heteroatoms. The number of H-pyrrole nitrogens is 1. The van der Waals surface area contributed by atoms with E-state index < -0.39 is 0 Å². The summed E-state index contributed by atoms with van der Waals surface area (Å²) in [6, 6.07) is 24.3. The van der Waals surface area contributed by atoms with Gasteiger partial charge in [-0.15, -0.1) is 5.10 Å². The zero-order valence-corrected chi connectivity index (χ0v) is 16.6. The molecule has 0 unspecified atom stereocenters. The molecule has 0 atom stereocenters. The number of nitrogens with zero attached hydrogens (tertiary/aromatic N) is 4. The summed E-state index contributed by atoms with van der Waals surface area (Å²) in [7, 11) is 0. The Kier molecular flexibility index (Phi) is 4.73. The van der Waals surface area contributed by atoms with E-state index in [9.17, 15) is 0 Å². The molecule has 2 aromatic heterocycles. The molecule has 0 amide bonds. The lowest BCUT2D eigenvalue weighted by Crippen LogP contribution is -2.00. The first-order valence-electron chi connectivity index (χ1n) is 9.85. The van der Waals surface area contributed by atoms with Gasteiger partial charge in [-0.25, -0.2) is 9.67 Å². The van der Waals surface area contributed by atoms with Crippen molar-refractivity contribution in [2.45, 2.75) is 20.1 Å². The van der Waals surface area contributed by atoms with Crippen molar-refractivity contribution in [1.29, 1.82) is 0 Å². The molecule has 6 nitrogen and oxygen atoms in total. The molecule has 148 valence electrons. The fourth-order valence-corrected chi connectivity index (χ4v) is 3.32. The molecule has 3 aromatic carbocycles. The van der Waals surface area contributed by atoms with Crippen molar-refractivity contribution in [3.8, 4) is 17.1 Å². The largest absolute Gasteiger partial charge is 0.487 e. The SMILES string of the molecule is Cc1ccc(Cn2cc(COc3ccc(-c4nc5ccccc5[nH]4)cc3)nn2)cc1. The van der Waals surface area contributed by atoms with Gasteiger partial charge in [-0.05, 0) is 48.9 Å². The smallest absolute Gasteiger partial charge is 0.138 e. The van der Waals surface area contributed by atoms with E-state index in [0.29, 0.717) is 13.2 Å². The van der Waals surface area contributed by atoms with E-state index in [1.165, 1.54) is 11.1 Å². The van der Waals surface area contributed by atoms with E-state index >= 15 is 0 Å². The second-order valence-corrected chi connectivity index (χ2v) is 7.31. The predicted octanol–water partition coefficient (Wildman–Crippen LogP) is 4.76. The third-order valence-electron chi connectivity index (χ3n) is 4.96. The average Bonchev–Trinajstić information content (AvgIpc) is 3.41. The zero-order chi connectivity index (χ0) is 20.3. The van der Waals surface area contributed by atoms with E-state index in [-0.39, 0.29) is 0 Å². The zero-order valence-electron chi connectivity index (χ0n) is 16.6. The maximum Gasteiger partial charge on any atom is 0.138 e. The molecule has 5 rings (SSSR count). The molecule has 0 saturated carbocycles. The number of ether oxygens (including phenoxy) is 1. The van der Waals surface area contributed by atoms with Crippen LogP contribution in [0.25, 0.3) is 22.4 Å². The maximum absolute atomic E-state index is 5.87. The van der Waals surface area contributed by atoms with Crippen LogP contribution in [-0.2, 0) is 13.2 Å². The quantitative estimate of drug-likeness (QED) is 0.450. The minimum absolute atomic E-state index is 0.373. The highest BCUT2D eigenvalue weighted by molar-refractivity contribution is 5.79. The highest BCUT2D eigenvalue weighted by Gasteiger charge is 2.06. The van der Waals surface area contributed by atoms with Crippen LogP contribution >= 0.6 is 0 Å². The van der Waals surface area contributed by atoms with E-state index in [4.69, 9.17) is 4.74 Å². The average molecular weight is 395 g/mol. The summed E-state index contributed by atoms with van der Waals surface area (Å²) in [6.07, 6.45) is 1.92. The normalized spacial score (nSPS) is 11.1. The first kappa shape index (κ1) is 18.1. The fraction of sp³-hybridized carbons (Fsp3) is 0.125. The van der Waals surface area contributed by atoms with Gasteiger partial charge in [0.05, 0.1) is 23.8 Å².